The minimum absolute atomic E-state index is 0.0812. The summed E-state index contributed by atoms with van der Waals surface area (Å²) in [5.41, 5.74) is 2.39. The van der Waals surface area contributed by atoms with Gasteiger partial charge in [-0.3, -0.25) is 4.79 Å². The molecule has 15 heavy (non-hydrogen) atoms. The molecule has 0 aliphatic carbocycles. The van der Waals surface area contributed by atoms with Crippen LogP contribution in [0, 0.1) is 6.92 Å². The number of amides is 1. The molecule has 1 aromatic carbocycles. The van der Waals surface area contributed by atoms with Crippen LogP contribution in [0.1, 0.15) is 30.5 Å². The van der Waals surface area contributed by atoms with Gasteiger partial charge < -0.3 is 5.32 Å². The lowest BCUT2D eigenvalue weighted by Gasteiger charge is -2.16. The standard InChI is InChI=1S/C12H16BrNO/c1-9-5-3-4-6-11(9)10(2)14-12(15)7-8-13/h3-6,10H,7-8H2,1-2H3,(H,14,15)/t10-/m1/s1. The Kier molecular flexibility index (Phi) is 4.82. The number of hydrogen-bond donors (Lipinski definition) is 1. The maximum atomic E-state index is 11.4. The fourth-order valence-electron chi connectivity index (χ4n) is 1.55. The molecule has 82 valence electrons. The molecule has 2 nitrogen and oxygen atoms in total. The van der Waals surface area contributed by atoms with Gasteiger partial charge in [0.25, 0.3) is 0 Å². The summed E-state index contributed by atoms with van der Waals surface area (Å²) in [5, 5.41) is 3.68. The van der Waals surface area contributed by atoms with E-state index < -0.39 is 0 Å². The monoisotopic (exact) mass is 269 g/mol. The third-order valence-corrected chi connectivity index (χ3v) is 2.75. The van der Waals surface area contributed by atoms with Crippen LogP contribution < -0.4 is 5.32 Å². The van der Waals surface area contributed by atoms with E-state index in [1.54, 1.807) is 0 Å². The van der Waals surface area contributed by atoms with Gasteiger partial charge in [0.05, 0.1) is 6.04 Å². The van der Waals surface area contributed by atoms with Crippen molar-refractivity contribution < 1.29 is 4.79 Å². The lowest BCUT2D eigenvalue weighted by molar-refractivity contribution is -0.121. The Morgan fingerprint density at radius 1 is 1.47 bits per heavy atom. The smallest absolute Gasteiger partial charge is 0.221 e. The average molecular weight is 270 g/mol. The van der Waals surface area contributed by atoms with E-state index in [9.17, 15) is 4.79 Å². The third kappa shape index (κ3) is 3.67. The van der Waals surface area contributed by atoms with Crippen molar-refractivity contribution in [3.05, 3.63) is 35.4 Å². The van der Waals surface area contributed by atoms with Crippen molar-refractivity contribution in [1.29, 1.82) is 0 Å². The van der Waals surface area contributed by atoms with Gasteiger partial charge in [-0.1, -0.05) is 40.2 Å². The summed E-state index contributed by atoms with van der Waals surface area (Å²) in [5.74, 6) is 0.0858. The van der Waals surface area contributed by atoms with Crippen LogP contribution in [0.5, 0.6) is 0 Å². The van der Waals surface area contributed by atoms with Crippen LogP contribution in [0.15, 0.2) is 24.3 Å². The van der Waals surface area contributed by atoms with Crippen molar-refractivity contribution >= 4 is 21.8 Å². The molecule has 0 aliphatic rings. The molecule has 0 unspecified atom stereocenters. The summed E-state index contributed by atoms with van der Waals surface area (Å²) in [6.07, 6.45) is 0.524. The molecule has 1 rings (SSSR count). The second-order valence-electron chi connectivity index (χ2n) is 3.58. The molecule has 3 heteroatoms. The van der Waals surface area contributed by atoms with Gasteiger partial charge in [-0.25, -0.2) is 0 Å². The number of nitrogens with one attached hydrogen (secondary N) is 1. The van der Waals surface area contributed by atoms with E-state index in [2.05, 4.69) is 40.3 Å². The van der Waals surface area contributed by atoms with Gasteiger partial charge in [-0.05, 0) is 25.0 Å². The van der Waals surface area contributed by atoms with Crippen LogP contribution in [0.4, 0.5) is 0 Å². The average Bonchev–Trinajstić information content (AvgIpc) is 2.18. The molecule has 1 atom stereocenters. The summed E-state index contributed by atoms with van der Waals surface area (Å²) < 4.78 is 0. The first-order valence-corrected chi connectivity index (χ1v) is 6.18. The molecule has 0 radical (unpaired) electrons. The highest BCUT2D eigenvalue weighted by molar-refractivity contribution is 9.09. The molecule has 0 saturated carbocycles. The normalized spacial score (nSPS) is 12.2. The Morgan fingerprint density at radius 2 is 2.13 bits per heavy atom. The highest BCUT2D eigenvalue weighted by Crippen LogP contribution is 2.16. The Hall–Kier alpha value is -0.830. The molecule has 0 spiro atoms. The molecule has 0 heterocycles. The minimum atomic E-state index is 0.0812. The number of aryl methyl sites for hydroxylation is 1. The number of alkyl halides is 1. The summed E-state index contributed by atoms with van der Waals surface area (Å²) >= 11 is 3.25. The molecular weight excluding hydrogens is 254 g/mol. The van der Waals surface area contributed by atoms with E-state index in [4.69, 9.17) is 0 Å². The van der Waals surface area contributed by atoms with Gasteiger partial charge in [-0.15, -0.1) is 0 Å². The summed E-state index contributed by atoms with van der Waals surface area (Å²) in [7, 11) is 0. The molecule has 0 aromatic heterocycles. The predicted octanol–water partition coefficient (Wildman–Crippen LogP) is 2.96. The first kappa shape index (κ1) is 12.2. The Bertz CT molecular complexity index is 338. The highest BCUT2D eigenvalue weighted by atomic mass is 79.9. The van der Waals surface area contributed by atoms with Crippen molar-refractivity contribution in [1.82, 2.24) is 5.32 Å². The van der Waals surface area contributed by atoms with Crippen LogP contribution in [0.3, 0.4) is 0 Å². The van der Waals surface area contributed by atoms with Crippen molar-refractivity contribution in [2.24, 2.45) is 0 Å². The topological polar surface area (TPSA) is 29.1 Å². The molecule has 1 aromatic rings. The van der Waals surface area contributed by atoms with Crippen molar-refractivity contribution in [3.63, 3.8) is 0 Å². The van der Waals surface area contributed by atoms with Crippen LogP contribution in [-0.2, 0) is 4.79 Å². The Balaban J connectivity index is 2.65. The second-order valence-corrected chi connectivity index (χ2v) is 4.38. The number of carbonyl (C=O) groups excluding carboxylic acids is 1. The molecular formula is C12H16BrNO. The van der Waals surface area contributed by atoms with Crippen LogP contribution in [-0.4, -0.2) is 11.2 Å². The summed E-state index contributed by atoms with van der Waals surface area (Å²) in [4.78, 5) is 11.4. The van der Waals surface area contributed by atoms with E-state index in [0.29, 0.717) is 11.8 Å². The Morgan fingerprint density at radius 3 is 2.73 bits per heavy atom. The second kappa shape index (κ2) is 5.91. The van der Waals surface area contributed by atoms with Crippen LogP contribution >= 0.6 is 15.9 Å². The van der Waals surface area contributed by atoms with E-state index in [1.807, 2.05) is 19.1 Å². The minimum Gasteiger partial charge on any atom is -0.350 e. The maximum absolute atomic E-state index is 11.4. The molecule has 0 bridgehead atoms. The van der Waals surface area contributed by atoms with Crippen LogP contribution in [0.2, 0.25) is 0 Å². The largest absolute Gasteiger partial charge is 0.350 e. The summed E-state index contributed by atoms with van der Waals surface area (Å²) in [6, 6.07) is 8.19. The van der Waals surface area contributed by atoms with Gasteiger partial charge in [0.15, 0.2) is 0 Å². The van der Waals surface area contributed by atoms with E-state index >= 15 is 0 Å². The maximum Gasteiger partial charge on any atom is 0.221 e. The highest BCUT2D eigenvalue weighted by Gasteiger charge is 2.10. The molecule has 1 amide bonds. The van der Waals surface area contributed by atoms with Gasteiger partial charge >= 0.3 is 0 Å². The van der Waals surface area contributed by atoms with Gasteiger partial charge in [0.2, 0.25) is 5.91 Å². The molecule has 0 aliphatic heterocycles. The number of hydrogen-bond acceptors (Lipinski definition) is 1. The van der Waals surface area contributed by atoms with Gasteiger partial charge in [-0.2, -0.15) is 0 Å². The molecule has 1 N–H and O–H groups in total. The summed E-state index contributed by atoms with van der Waals surface area (Å²) in [6.45, 7) is 4.07. The first-order chi connectivity index (χ1) is 7.15. The SMILES string of the molecule is Cc1ccccc1[C@@H](C)NC(=O)CCBr. The van der Waals surface area contributed by atoms with E-state index in [1.165, 1.54) is 11.1 Å². The van der Waals surface area contributed by atoms with Gasteiger partial charge in [0.1, 0.15) is 0 Å². The molecule has 0 saturated heterocycles. The van der Waals surface area contributed by atoms with Crippen molar-refractivity contribution in [2.75, 3.05) is 5.33 Å². The predicted molar refractivity (Wildman–Crippen MR) is 66.1 cm³/mol. The fourth-order valence-corrected chi connectivity index (χ4v) is 1.91. The zero-order chi connectivity index (χ0) is 11.3. The number of carbonyl (C=O) groups is 1. The lowest BCUT2D eigenvalue weighted by Crippen LogP contribution is -2.27. The van der Waals surface area contributed by atoms with Gasteiger partial charge in [0, 0.05) is 11.8 Å². The first-order valence-electron chi connectivity index (χ1n) is 5.06. The zero-order valence-electron chi connectivity index (χ0n) is 9.09. The lowest BCUT2D eigenvalue weighted by atomic mass is 10.0. The third-order valence-electron chi connectivity index (χ3n) is 2.35. The number of halogens is 1. The zero-order valence-corrected chi connectivity index (χ0v) is 10.7. The van der Waals surface area contributed by atoms with Crippen molar-refractivity contribution in [2.45, 2.75) is 26.3 Å². The Labute approximate surface area is 99.2 Å². The quantitative estimate of drug-likeness (QED) is 0.837. The number of rotatable bonds is 4. The fraction of sp³-hybridized carbons (Fsp3) is 0.417. The molecule has 0 fully saturated rings. The van der Waals surface area contributed by atoms with E-state index in [-0.39, 0.29) is 11.9 Å². The number of benzene rings is 1. The van der Waals surface area contributed by atoms with E-state index in [0.717, 1.165) is 0 Å². The van der Waals surface area contributed by atoms with Crippen LogP contribution in [0.25, 0.3) is 0 Å². The van der Waals surface area contributed by atoms with Crippen molar-refractivity contribution in [3.8, 4) is 0 Å².